The Hall–Kier alpha value is -1.47. The number of non-ortho nitro benzene ring substituents is 1. The van der Waals surface area contributed by atoms with E-state index >= 15 is 0 Å². The van der Waals surface area contributed by atoms with Gasteiger partial charge < -0.3 is 11.1 Å². The van der Waals surface area contributed by atoms with Crippen LogP contribution in [0.1, 0.15) is 20.3 Å². The SMILES string of the molecule is CC[C@H](C)[C@H](N)C(=O)Nc1cc([N+](=O)[O-])ccc1Br. The highest BCUT2D eigenvalue weighted by molar-refractivity contribution is 9.10. The van der Waals surface area contributed by atoms with Crippen LogP contribution < -0.4 is 11.1 Å². The van der Waals surface area contributed by atoms with Crippen molar-refractivity contribution in [3.8, 4) is 0 Å². The zero-order valence-corrected chi connectivity index (χ0v) is 12.3. The van der Waals surface area contributed by atoms with Crippen LogP contribution in [0.25, 0.3) is 0 Å². The largest absolute Gasteiger partial charge is 0.323 e. The minimum Gasteiger partial charge on any atom is -0.323 e. The molecule has 0 fully saturated rings. The van der Waals surface area contributed by atoms with Crippen LogP contribution in [0.2, 0.25) is 0 Å². The normalized spacial score (nSPS) is 13.7. The van der Waals surface area contributed by atoms with Crippen LogP contribution in [0.5, 0.6) is 0 Å². The van der Waals surface area contributed by atoms with E-state index in [9.17, 15) is 14.9 Å². The molecule has 7 heteroatoms. The third kappa shape index (κ3) is 4.00. The first-order chi connectivity index (χ1) is 8.86. The van der Waals surface area contributed by atoms with Crippen molar-refractivity contribution in [2.75, 3.05) is 5.32 Å². The number of nitrogens with one attached hydrogen (secondary N) is 1. The van der Waals surface area contributed by atoms with Gasteiger partial charge in [0.15, 0.2) is 0 Å². The molecule has 1 aromatic carbocycles. The Morgan fingerprint density at radius 2 is 2.21 bits per heavy atom. The lowest BCUT2D eigenvalue weighted by molar-refractivity contribution is -0.384. The van der Waals surface area contributed by atoms with Crippen LogP contribution in [-0.4, -0.2) is 16.9 Å². The van der Waals surface area contributed by atoms with Crippen molar-refractivity contribution in [1.29, 1.82) is 0 Å². The molecular weight excluding hydrogens is 314 g/mol. The molecule has 104 valence electrons. The molecule has 0 radical (unpaired) electrons. The number of carbonyl (C=O) groups excluding carboxylic acids is 1. The summed E-state index contributed by atoms with van der Waals surface area (Å²) in [6, 6.07) is 3.53. The first kappa shape index (κ1) is 15.6. The zero-order valence-electron chi connectivity index (χ0n) is 10.7. The highest BCUT2D eigenvalue weighted by Gasteiger charge is 2.21. The molecule has 1 amide bonds. The zero-order chi connectivity index (χ0) is 14.6. The summed E-state index contributed by atoms with van der Waals surface area (Å²) in [6.07, 6.45) is 0.782. The van der Waals surface area contributed by atoms with Gasteiger partial charge in [-0.05, 0) is 27.9 Å². The fraction of sp³-hybridized carbons (Fsp3) is 0.417. The average Bonchev–Trinajstić information content (AvgIpc) is 2.38. The lowest BCUT2D eigenvalue weighted by Crippen LogP contribution is -2.40. The van der Waals surface area contributed by atoms with E-state index in [1.54, 1.807) is 0 Å². The molecule has 6 nitrogen and oxygen atoms in total. The molecule has 0 saturated carbocycles. The number of benzene rings is 1. The van der Waals surface area contributed by atoms with Gasteiger partial charge in [-0.1, -0.05) is 20.3 Å². The molecule has 2 atom stereocenters. The summed E-state index contributed by atoms with van der Waals surface area (Å²) < 4.78 is 0.572. The third-order valence-electron chi connectivity index (χ3n) is 2.98. The Bertz CT molecular complexity index is 493. The monoisotopic (exact) mass is 329 g/mol. The number of nitrogens with two attached hydrogens (primary N) is 1. The molecule has 0 aliphatic rings. The fourth-order valence-corrected chi connectivity index (χ4v) is 1.80. The molecular formula is C12H16BrN3O3. The molecule has 0 aliphatic carbocycles. The van der Waals surface area contributed by atoms with Crippen LogP contribution >= 0.6 is 15.9 Å². The molecule has 1 rings (SSSR count). The number of halogens is 1. The van der Waals surface area contributed by atoms with Gasteiger partial charge in [0.25, 0.3) is 5.69 Å². The van der Waals surface area contributed by atoms with Gasteiger partial charge in [0.1, 0.15) is 0 Å². The van der Waals surface area contributed by atoms with Crippen molar-refractivity contribution < 1.29 is 9.72 Å². The number of hydrogen-bond donors (Lipinski definition) is 2. The summed E-state index contributed by atoms with van der Waals surface area (Å²) in [5.41, 5.74) is 6.06. The minimum absolute atomic E-state index is 0.0393. The molecule has 0 aromatic heterocycles. The van der Waals surface area contributed by atoms with Crippen molar-refractivity contribution in [3.05, 3.63) is 32.8 Å². The first-order valence-electron chi connectivity index (χ1n) is 5.87. The molecule has 19 heavy (non-hydrogen) atoms. The van der Waals surface area contributed by atoms with Gasteiger partial charge in [0, 0.05) is 16.6 Å². The summed E-state index contributed by atoms with van der Waals surface area (Å²) in [7, 11) is 0. The van der Waals surface area contributed by atoms with Gasteiger partial charge in [-0.25, -0.2) is 0 Å². The van der Waals surface area contributed by atoms with Crippen LogP contribution in [0, 0.1) is 16.0 Å². The van der Waals surface area contributed by atoms with Crippen molar-refractivity contribution >= 4 is 33.2 Å². The van der Waals surface area contributed by atoms with Crippen molar-refractivity contribution in [2.24, 2.45) is 11.7 Å². The Morgan fingerprint density at radius 1 is 1.58 bits per heavy atom. The molecule has 0 unspecified atom stereocenters. The molecule has 0 bridgehead atoms. The number of nitro groups is 1. The smallest absolute Gasteiger partial charge is 0.271 e. The second-order valence-corrected chi connectivity index (χ2v) is 5.18. The molecule has 3 N–H and O–H groups in total. The second-order valence-electron chi connectivity index (χ2n) is 4.32. The van der Waals surface area contributed by atoms with E-state index in [-0.39, 0.29) is 17.5 Å². The van der Waals surface area contributed by atoms with Gasteiger partial charge in [-0.2, -0.15) is 0 Å². The number of hydrogen-bond acceptors (Lipinski definition) is 4. The molecule has 1 aromatic rings. The Morgan fingerprint density at radius 3 is 2.74 bits per heavy atom. The molecule has 0 aliphatic heterocycles. The van der Waals surface area contributed by atoms with Crippen LogP contribution in [0.4, 0.5) is 11.4 Å². The molecule has 0 heterocycles. The van der Waals surface area contributed by atoms with E-state index in [1.165, 1.54) is 18.2 Å². The number of nitro benzene ring substituents is 1. The quantitative estimate of drug-likeness (QED) is 0.640. The number of carbonyl (C=O) groups is 1. The minimum atomic E-state index is -0.642. The standard InChI is InChI=1S/C12H16BrN3O3/c1-3-7(2)11(14)12(17)15-10-6-8(16(18)19)4-5-9(10)13/h4-7,11H,3,14H2,1-2H3,(H,15,17)/t7-,11-/m0/s1. The van der Waals surface area contributed by atoms with Gasteiger partial charge in [0.2, 0.25) is 5.91 Å². The Kier molecular flexibility index (Phi) is 5.44. The summed E-state index contributed by atoms with van der Waals surface area (Å²) in [5, 5.41) is 13.3. The molecule has 0 saturated heterocycles. The summed E-state index contributed by atoms with van der Waals surface area (Å²) in [5.74, 6) is -0.312. The number of rotatable bonds is 5. The highest BCUT2D eigenvalue weighted by Crippen LogP contribution is 2.27. The Labute approximate surface area is 119 Å². The van der Waals surface area contributed by atoms with E-state index in [1.807, 2.05) is 13.8 Å². The van der Waals surface area contributed by atoms with E-state index in [4.69, 9.17) is 5.73 Å². The maximum atomic E-state index is 11.9. The number of nitrogens with zero attached hydrogens (tertiary/aromatic N) is 1. The first-order valence-corrected chi connectivity index (χ1v) is 6.66. The lowest BCUT2D eigenvalue weighted by Gasteiger charge is -2.18. The Balaban J connectivity index is 2.90. The predicted molar refractivity (Wildman–Crippen MR) is 76.9 cm³/mol. The summed E-state index contributed by atoms with van der Waals surface area (Å²) >= 11 is 3.23. The topological polar surface area (TPSA) is 98.3 Å². The van der Waals surface area contributed by atoms with E-state index in [0.29, 0.717) is 10.2 Å². The number of amides is 1. The maximum Gasteiger partial charge on any atom is 0.271 e. The lowest BCUT2D eigenvalue weighted by atomic mass is 9.99. The van der Waals surface area contributed by atoms with E-state index in [0.717, 1.165) is 6.42 Å². The van der Waals surface area contributed by atoms with Gasteiger partial charge in [-0.3, -0.25) is 14.9 Å². The number of anilines is 1. The van der Waals surface area contributed by atoms with Gasteiger partial charge >= 0.3 is 0 Å². The van der Waals surface area contributed by atoms with E-state index < -0.39 is 11.0 Å². The summed E-state index contributed by atoms with van der Waals surface area (Å²) in [6.45, 7) is 3.83. The third-order valence-corrected chi connectivity index (χ3v) is 3.67. The van der Waals surface area contributed by atoms with Gasteiger partial charge in [0.05, 0.1) is 16.7 Å². The van der Waals surface area contributed by atoms with Gasteiger partial charge in [-0.15, -0.1) is 0 Å². The maximum absolute atomic E-state index is 11.9. The highest BCUT2D eigenvalue weighted by atomic mass is 79.9. The van der Waals surface area contributed by atoms with Crippen LogP contribution in [-0.2, 0) is 4.79 Å². The van der Waals surface area contributed by atoms with Crippen molar-refractivity contribution in [2.45, 2.75) is 26.3 Å². The predicted octanol–water partition coefficient (Wildman–Crippen LogP) is 2.67. The van der Waals surface area contributed by atoms with Crippen molar-refractivity contribution in [1.82, 2.24) is 0 Å². The average molecular weight is 330 g/mol. The van der Waals surface area contributed by atoms with E-state index in [2.05, 4.69) is 21.2 Å². The van der Waals surface area contributed by atoms with Crippen LogP contribution in [0.15, 0.2) is 22.7 Å². The van der Waals surface area contributed by atoms with Crippen molar-refractivity contribution in [3.63, 3.8) is 0 Å². The fourth-order valence-electron chi connectivity index (χ4n) is 1.45. The van der Waals surface area contributed by atoms with Crippen LogP contribution in [0.3, 0.4) is 0 Å². The molecule has 0 spiro atoms. The second kappa shape index (κ2) is 6.63. The summed E-state index contributed by atoms with van der Waals surface area (Å²) in [4.78, 5) is 22.1.